The molecule has 0 radical (unpaired) electrons. The normalized spacial score (nSPS) is 13.7. The molecule has 7 heteroatoms. The van der Waals surface area contributed by atoms with Crippen LogP contribution in [0, 0.1) is 5.92 Å². The Morgan fingerprint density at radius 2 is 1.76 bits per heavy atom. The summed E-state index contributed by atoms with van der Waals surface area (Å²) in [5, 5.41) is 10.5. The van der Waals surface area contributed by atoms with Gasteiger partial charge in [0.25, 0.3) is 6.01 Å². The molecule has 162 valence electrons. The summed E-state index contributed by atoms with van der Waals surface area (Å²) in [6.07, 6.45) is -1.19. The zero-order valence-electron chi connectivity index (χ0n) is 18.0. The van der Waals surface area contributed by atoms with Crippen molar-refractivity contribution in [3.63, 3.8) is 0 Å². The summed E-state index contributed by atoms with van der Waals surface area (Å²) in [5.41, 5.74) is 2.56. The van der Waals surface area contributed by atoms with Gasteiger partial charge in [-0.2, -0.15) is 4.98 Å². The van der Waals surface area contributed by atoms with Gasteiger partial charge >= 0.3 is 0 Å². The monoisotopic (exact) mass is 406 g/mol. The summed E-state index contributed by atoms with van der Waals surface area (Å²) >= 11 is 0. The van der Waals surface area contributed by atoms with Crippen LogP contribution in [-0.4, -0.2) is 67.0 Å². The number of nitrogens with zero attached hydrogens (tertiary/aromatic N) is 2. The van der Waals surface area contributed by atoms with Crippen LogP contribution in [0.15, 0.2) is 36.4 Å². The lowest BCUT2D eigenvalue weighted by Gasteiger charge is -2.26. The molecule has 0 bridgehead atoms. The first kappa shape index (κ1) is 23.3. The van der Waals surface area contributed by atoms with E-state index in [0.29, 0.717) is 45.6 Å². The predicted molar refractivity (Wildman–Crippen MR) is 113 cm³/mol. The maximum atomic E-state index is 10.5. The Bertz CT molecular complexity index is 759. The average molecular weight is 407 g/mol. The average Bonchev–Trinajstić information content (AvgIpc) is 3.04. The van der Waals surface area contributed by atoms with Crippen molar-refractivity contribution in [2.75, 3.05) is 40.1 Å². The van der Waals surface area contributed by atoms with Gasteiger partial charge in [0.2, 0.25) is 0 Å². The van der Waals surface area contributed by atoms with Gasteiger partial charge in [0.1, 0.15) is 6.10 Å². The molecule has 0 saturated carbocycles. The van der Waals surface area contributed by atoms with Gasteiger partial charge < -0.3 is 24.1 Å². The van der Waals surface area contributed by atoms with E-state index in [1.807, 2.05) is 49.6 Å². The minimum Gasteiger partial charge on any atom is -0.454 e. The molecule has 2 aromatic rings. The first-order valence-electron chi connectivity index (χ1n) is 10.1. The Balaban J connectivity index is 2.05. The van der Waals surface area contributed by atoms with Gasteiger partial charge in [-0.3, -0.25) is 4.57 Å². The van der Waals surface area contributed by atoms with Crippen molar-refractivity contribution in [2.24, 2.45) is 5.92 Å². The number of ether oxygens (including phenoxy) is 4. The molecule has 0 aliphatic rings. The lowest BCUT2D eigenvalue weighted by atomic mass is 9.98. The van der Waals surface area contributed by atoms with E-state index >= 15 is 0 Å². The van der Waals surface area contributed by atoms with E-state index in [9.17, 15) is 5.11 Å². The smallest absolute Gasteiger partial charge is 0.298 e. The Morgan fingerprint density at radius 1 is 1.10 bits per heavy atom. The van der Waals surface area contributed by atoms with Crippen LogP contribution < -0.4 is 4.74 Å². The minimum absolute atomic E-state index is 0.0379. The van der Waals surface area contributed by atoms with Crippen LogP contribution in [-0.2, 0) is 20.8 Å². The third-order valence-corrected chi connectivity index (χ3v) is 4.59. The highest BCUT2D eigenvalue weighted by Crippen LogP contribution is 2.25. The standard InChI is InChI=1S/C22H34N2O5/c1-16(2)20(25)21(17(3)4)29-22-23-18-8-6-7-9-19(18)24(22)10-11-27-14-15-28-13-12-26-5/h6-9,16,20-21,25H,3,10-15H2,1-2,4-5H3/t20-,21+/m1/s1. The molecule has 0 unspecified atom stereocenters. The fraction of sp³-hybridized carbons (Fsp3) is 0.591. The minimum atomic E-state index is -0.665. The SMILES string of the molecule is C=C(C)[C@H](Oc1nc2ccccc2n1CCOCCOCCOC)[C@H](O)C(C)C. The molecule has 2 atom stereocenters. The number of methoxy groups -OCH3 is 1. The van der Waals surface area contributed by atoms with Gasteiger partial charge in [0.05, 0.1) is 56.7 Å². The maximum absolute atomic E-state index is 10.5. The molecule has 0 aliphatic carbocycles. The topological polar surface area (TPSA) is 75.0 Å². The Kier molecular flexibility index (Phi) is 9.60. The van der Waals surface area contributed by atoms with E-state index in [1.165, 1.54) is 0 Å². The lowest BCUT2D eigenvalue weighted by Crippen LogP contribution is -2.37. The molecule has 0 fully saturated rings. The van der Waals surface area contributed by atoms with Gasteiger partial charge in [0, 0.05) is 7.11 Å². The number of aliphatic hydroxyl groups is 1. The van der Waals surface area contributed by atoms with E-state index in [2.05, 4.69) is 11.6 Å². The second-order valence-electron chi connectivity index (χ2n) is 7.37. The second-order valence-corrected chi connectivity index (χ2v) is 7.37. The molecule has 0 amide bonds. The largest absolute Gasteiger partial charge is 0.454 e. The zero-order chi connectivity index (χ0) is 21.2. The number of hydrogen-bond acceptors (Lipinski definition) is 6. The number of para-hydroxylation sites is 2. The number of aromatic nitrogens is 2. The third-order valence-electron chi connectivity index (χ3n) is 4.59. The first-order valence-corrected chi connectivity index (χ1v) is 10.1. The van der Waals surface area contributed by atoms with Crippen LogP contribution in [0.25, 0.3) is 11.0 Å². The van der Waals surface area contributed by atoms with Crippen molar-refractivity contribution in [1.29, 1.82) is 0 Å². The summed E-state index contributed by atoms with van der Waals surface area (Å²) in [4.78, 5) is 4.62. The fourth-order valence-corrected chi connectivity index (χ4v) is 2.90. The van der Waals surface area contributed by atoms with Crippen LogP contribution >= 0.6 is 0 Å². The van der Waals surface area contributed by atoms with E-state index in [1.54, 1.807) is 7.11 Å². The zero-order valence-corrected chi connectivity index (χ0v) is 18.0. The van der Waals surface area contributed by atoms with Gasteiger partial charge in [-0.1, -0.05) is 32.6 Å². The molecule has 2 rings (SSSR count). The molecule has 7 nitrogen and oxygen atoms in total. The van der Waals surface area contributed by atoms with Gasteiger partial charge in [-0.15, -0.1) is 0 Å². The van der Waals surface area contributed by atoms with E-state index < -0.39 is 12.2 Å². The number of benzene rings is 1. The first-order chi connectivity index (χ1) is 14.0. The van der Waals surface area contributed by atoms with Crippen molar-refractivity contribution in [3.05, 3.63) is 36.4 Å². The third kappa shape index (κ3) is 6.82. The van der Waals surface area contributed by atoms with Crippen LogP contribution in [0.2, 0.25) is 0 Å². The van der Waals surface area contributed by atoms with Crippen molar-refractivity contribution >= 4 is 11.0 Å². The van der Waals surface area contributed by atoms with Crippen LogP contribution in [0.5, 0.6) is 6.01 Å². The molecule has 29 heavy (non-hydrogen) atoms. The lowest BCUT2D eigenvalue weighted by molar-refractivity contribution is 0.0151. The van der Waals surface area contributed by atoms with Crippen molar-refractivity contribution < 1.29 is 24.1 Å². The molecule has 1 aromatic heterocycles. The summed E-state index contributed by atoms with van der Waals surface area (Å²) in [7, 11) is 1.65. The highest BCUT2D eigenvalue weighted by atomic mass is 16.5. The number of rotatable bonds is 14. The van der Waals surface area contributed by atoms with Crippen molar-refractivity contribution in [2.45, 2.75) is 39.5 Å². The molecule has 0 spiro atoms. The quantitative estimate of drug-likeness (QED) is 0.384. The maximum Gasteiger partial charge on any atom is 0.298 e. The van der Waals surface area contributed by atoms with Crippen LogP contribution in [0.1, 0.15) is 20.8 Å². The second kappa shape index (κ2) is 11.9. The molecule has 0 aliphatic heterocycles. The van der Waals surface area contributed by atoms with Gasteiger partial charge in [-0.05, 0) is 30.5 Å². The number of hydrogen-bond donors (Lipinski definition) is 1. The summed E-state index contributed by atoms with van der Waals surface area (Å²) in [5.74, 6) is 0.0379. The molecular weight excluding hydrogens is 372 g/mol. The Labute approximate surface area is 173 Å². The van der Waals surface area contributed by atoms with Gasteiger partial charge in [-0.25, -0.2) is 0 Å². The van der Waals surface area contributed by atoms with Crippen molar-refractivity contribution in [1.82, 2.24) is 9.55 Å². The summed E-state index contributed by atoms with van der Waals surface area (Å²) in [6.45, 7) is 13.0. The molecule has 1 aromatic carbocycles. The van der Waals surface area contributed by atoms with E-state index in [4.69, 9.17) is 18.9 Å². The van der Waals surface area contributed by atoms with Gasteiger partial charge in [0.15, 0.2) is 0 Å². The Morgan fingerprint density at radius 3 is 2.41 bits per heavy atom. The molecular formula is C22H34N2O5. The van der Waals surface area contributed by atoms with Crippen molar-refractivity contribution in [3.8, 4) is 6.01 Å². The molecule has 1 N–H and O–H groups in total. The number of imidazole rings is 1. The van der Waals surface area contributed by atoms with Crippen LogP contribution in [0.3, 0.4) is 0 Å². The molecule has 0 saturated heterocycles. The fourth-order valence-electron chi connectivity index (χ4n) is 2.90. The Hall–Kier alpha value is -1.93. The summed E-state index contributed by atoms with van der Waals surface area (Å²) in [6, 6.07) is 8.30. The van der Waals surface area contributed by atoms with E-state index in [-0.39, 0.29) is 5.92 Å². The van der Waals surface area contributed by atoms with E-state index in [0.717, 1.165) is 16.6 Å². The van der Waals surface area contributed by atoms with Crippen LogP contribution in [0.4, 0.5) is 0 Å². The number of aliphatic hydroxyl groups excluding tert-OH is 1. The highest BCUT2D eigenvalue weighted by Gasteiger charge is 2.27. The number of fused-ring (bicyclic) bond motifs is 1. The predicted octanol–water partition coefficient (Wildman–Crippen LogP) is 3.06. The summed E-state index contributed by atoms with van der Waals surface area (Å²) < 4.78 is 24.2. The highest BCUT2D eigenvalue weighted by molar-refractivity contribution is 5.76. The molecule has 1 heterocycles.